The van der Waals surface area contributed by atoms with Gasteiger partial charge in [-0.2, -0.15) is 0 Å². The van der Waals surface area contributed by atoms with Gasteiger partial charge in [0.2, 0.25) is 0 Å². The van der Waals surface area contributed by atoms with Gasteiger partial charge >= 0.3 is 0 Å². The Morgan fingerprint density at radius 2 is 0.810 bits per heavy atom. The maximum atomic E-state index is 6.17. The molecular weight excluding hydrogens is 703 g/mol. The smallest absolute Gasteiger partial charge is 0.135 e. The zero-order valence-corrected chi connectivity index (χ0v) is 31.7. The average molecular weight is 740 g/mol. The summed E-state index contributed by atoms with van der Waals surface area (Å²) in [6, 6.07) is 80.7. The Morgan fingerprint density at radius 3 is 1.53 bits per heavy atom. The van der Waals surface area contributed by atoms with Crippen LogP contribution in [0.4, 0.5) is 17.1 Å². The molecule has 2 heteroatoms. The topological polar surface area (TPSA) is 16.4 Å². The second-order valence-electron chi connectivity index (χ2n) is 14.9. The third-order valence-electron chi connectivity index (χ3n) is 11.5. The van der Waals surface area contributed by atoms with Crippen LogP contribution < -0.4 is 4.90 Å². The van der Waals surface area contributed by atoms with Crippen molar-refractivity contribution >= 4 is 60.3 Å². The number of para-hydroxylation sites is 1. The molecular formula is C56H37NO. The fraction of sp³-hybridized carbons (Fsp3) is 0. The van der Waals surface area contributed by atoms with Crippen molar-refractivity contribution in [2.75, 3.05) is 4.90 Å². The minimum Gasteiger partial charge on any atom is -0.456 e. The number of nitrogens with zero attached hydrogens (tertiary/aromatic N) is 1. The van der Waals surface area contributed by atoms with Crippen molar-refractivity contribution in [2.45, 2.75) is 0 Å². The lowest BCUT2D eigenvalue weighted by Gasteiger charge is -2.27. The second-order valence-corrected chi connectivity index (χ2v) is 14.9. The Kier molecular flexibility index (Phi) is 8.19. The van der Waals surface area contributed by atoms with Gasteiger partial charge in [-0.3, -0.25) is 0 Å². The van der Waals surface area contributed by atoms with E-state index in [1.807, 2.05) is 18.2 Å². The molecule has 0 unspecified atom stereocenters. The van der Waals surface area contributed by atoms with E-state index in [-0.39, 0.29) is 0 Å². The summed E-state index contributed by atoms with van der Waals surface area (Å²) < 4.78 is 6.17. The van der Waals surface area contributed by atoms with Crippen LogP contribution in [0.15, 0.2) is 229 Å². The molecule has 0 amide bonds. The van der Waals surface area contributed by atoms with Crippen LogP contribution in [0.3, 0.4) is 0 Å². The van der Waals surface area contributed by atoms with Crippen molar-refractivity contribution in [3.63, 3.8) is 0 Å². The van der Waals surface area contributed by atoms with Crippen molar-refractivity contribution in [3.8, 4) is 44.7 Å². The Hall–Kier alpha value is -7.68. The summed E-state index contributed by atoms with van der Waals surface area (Å²) in [6.07, 6.45) is 0. The minimum absolute atomic E-state index is 0.881. The zero-order valence-electron chi connectivity index (χ0n) is 31.7. The first-order valence-corrected chi connectivity index (χ1v) is 19.8. The zero-order chi connectivity index (χ0) is 38.4. The first-order chi connectivity index (χ1) is 28.7. The predicted molar refractivity (Wildman–Crippen MR) is 245 cm³/mol. The van der Waals surface area contributed by atoms with Crippen molar-refractivity contribution in [1.29, 1.82) is 0 Å². The molecule has 0 aliphatic rings. The van der Waals surface area contributed by atoms with Crippen LogP contribution in [0.25, 0.3) is 88.0 Å². The molecule has 0 aliphatic carbocycles. The van der Waals surface area contributed by atoms with Gasteiger partial charge in [0.25, 0.3) is 0 Å². The van der Waals surface area contributed by atoms with Gasteiger partial charge in [-0.15, -0.1) is 0 Å². The van der Waals surface area contributed by atoms with E-state index in [4.69, 9.17) is 4.42 Å². The second kappa shape index (κ2) is 14.1. The van der Waals surface area contributed by atoms with E-state index >= 15 is 0 Å². The quantitative estimate of drug-likeness (QED) is 0.151. The van der Waals surface area contributed by atoms with Crippen LogP contribution in [0.5, 0.6) is 0 Å². The first kappa shape index (κ1) is 33.6. The molecule has 0 radical (unpaired) electrons. The normalized spacial score (nSPS) is 11.4. The molecule has 11 rings (SSSR count). The number of benzene rings is 10. The number of anilines is 3. The highest BCUT2D eigenvalue weighted by Gasteiger charge is 2.17. The summed E-state index contributed by atoms with van der Waals surface area (Å²) in [5.41, 5.74) is 12.4. The molecule has 11 aromatic rings. The highest BCUT2D eigenvalue weighted by atomic mass is 16.3. The average Bonchev–Trinajstić information content (AvgIpc) is 3.74. The molecule has 1 aromatic heterocycles. The number of rotatable bonds is 7. The molecule has 0 atom stereocenters. The summed E-state index contributed by atoms with van der Waals surface area (Å²) in [5, 5.41) is 8.61. The summed E-state index contributed by atoms with van der Waals surface area (Å²) in [7, 11) is 0. The molecule has 0 aliphatic heterocycles. The molecule has 0 bridgehead atoms. The fourth-order valence-electron chi connectivity index (χ4n) is 8.55. The van der Waals surface area contributed by atoms with Gasteiger partial charge in [0.15, 0.2) is 0 Å². The fourth-order valence-corrected chi connectivity index (χ4v) is 8.55. The lowest BCUT2D eigenvalue weighted by molar-refractivity contribution is 0.631. The van der Waals surface area contributed by atoms with E-state index in [0.29, 0.717) is 0 Å². The molecule has 2 nitrogen and oxygen atoms in total. The minimum atomic E-state index is 0.881. The largest absolute Gasteiger partial charge is 0.456 e. The number of hydrogen-bond acceptors (Lipinski definition) is 2. The number of hydrogen-bond donors (Lipinski definition) is 0. The molecule has 10 aromatic carbocycles. The molecule has 0 spiro atoms. The lowest BCUT2D eigenvalue weighted by Crippen LogP contribution is -2.10. The number of furan rings is 1. The van der Waals surface area contributed by atoms with Gasteiger partial charge in [-0.1, -0.05) is 170 Å². The van der Waals surface area contributed by atoms with Crippen molar-refractivity contribution in [3.05, 3.63) is 224 Å². The molecule has 0 N–H and O–H groups in total. The van der Waals surface area contributed by atoms with Gasteiger partial charge in [0.1, 0.15) is 11.3 Å². The lowest BCUT2D eigenvalue weighted by atomic mass is 9.93. The molecule has 0 fully saturated rings. The van der Waals surface area contributed by atoms with E-state index in [9.17, 15) is 0 Å². The SMILES string of the molecule is c1cc(-c2ccc(-c3ccc(N(c4ccc(-c5cc6ccccc6c6ccccc56)cc4)c4cccc5ccccc45)cc3)cc2)cc(-c2cc3ccccc3o2)c1. The van der Waals surface area contributed by atoms with E-state index in [1.165, 1.54) is 60.1 Å². The van der Waals surface area contributed by atoms with E-state index in [0.717, 1.165) is 44.9 Å². The van der Waals surface area contributed by atoms with Crippen LogP contribution in [0.1, 0.15) is 0 Å². The molecule has 272 valence electrons. The van der Waals surface area contributed by atoms with Crippen LogP contribution in [0, 0.1) is 0 Å². The predicted octanol–water partition coefficient (Wildman–Crippen LogP) is 16.0. The molecule has 58 heavy (non-hydrogen) atoms. The molecule has 0 saturated carbocycles. The Labute approximate surface area is 337 Å². The standard InChI is InChI=1S/C56H37NO/c1-5-18-50-41(11-1)14-10-21-54(50)57(48-33-29-42(30-34-48)53-36-44-12-2-4-17-49(44)51-19-6-7-20-52(51)53)47-31-27-39(28-32-47)38-23-25-40(26-24-38)43-15-9-16-45(35-43)56-37-46-13-3-8-22-55(46)58-56/h1-37H. The van der Waals surface area contributed by atoms with Gasteiger partial charge < -0.3 is 9.32 Å². The molecule has 1 heterocycles. The van der Waals surface area contributed by atoms with Gasteiger partial charge in [0.05, 0.1) is 5.69 Å². The third-order valence-corrected chi connectivity index (χ3v) is 11.5. The summed E-state index contributed by atoms with van der Waals surface area (Å²) in [5.74, 6) is 0.881. The van der Waals surface area contributed by atoms with E-state index in [1.54, 1.807) is 0 Å². The third kappa shape index (κ3) is 6.00. The van der Waals surface area contributed by atoms with Crippen LogP contribution in [-0.2, 0) is 0 Å². The highest BCUT2D eigenvalue weighted by Crippen LogP contribution is 2.42. The van der Waals surface area contributed by atoms with Crippen LogP contribution >= 0.6 is 0 Å². The number of fused-ring (bicyclic) bond motifs is 5. The summed E-state index contributed by atoms with van der Waals surface area (Å²) in [4.78, 5) is 2.38. The Bertz CT molecular complexity index is 3230. The Balaban J connectivity index is 0.930. The van der Waals surface area contributed by atoms with E-state index < -0.39 is 0 Å². The molecule has 0 saturated heterocycles. The van der Waals surface area contributed by atoms with Crippen molar-refractivity contribution < 1.29 is 4.42 Å². The summed E-state index contributed by atoms with van der Waals surface area (Å²) >= 11 is 0. The van der Waals surface area contributed by atoms with E-state index in [2.05, 4.69) is 211 Å². The Morgan fingerprint density at radius 1 is 0.293 bits per heavy atom. The maximum Gasteiger partial charge on any atom is 0.135 e. The first-order valence-electron chi connectivity index (χ1n) is 19.8. The van der Waals surface area contributed by atoms with Gasteiger partial charge in [-0.05, 0) is 115 Å². The van der Waals surface area contributed by atoms with Gasteiger partial charge in [-0.25, -0.2) is 0 Å². The van der Waals surface area contributed by atoms with Crippen LogP contribution in [0.2, 0.25) is 0 Å². The monoisotopic (exact) mass is 739 g/mol. The van der Waals surface area contributed by atoms with Crippen molar-refractivity contribution in [1.82, 2.24) is 0 Å². The summed E-state index contributed by atoms with van der Waals surface area (Å²) in [6.45, 7) is 0. The highest BCUT2D eigenvalue weighted by molar-refractivity contribution is 6.13. The van der Waals surface area contributed by atoms with Crippen LogP contribution in [-0.4, -0.2) is 0 Å². The van der Waals surface area contributed by atoms with Gasteiger partial charge in [0, 0.05) is 27.7 Å². The van der Waals surface area contributed by atoms with Crippen molar-refractivity contribution in [2.24, 2.45) is 0 Å². The maximum absolute atomic E-state index is 6.17.